The van der Waals surface area contributed by atoms with E-state index in [2.05, 4.69) is 22.4 Å². The molecule has 5 heteroatoms. The summed E-state index contributed by atoms with van der Waals surface area (Å²) in [6, 6.07) is 16.0. The van der Waals surface area contributed by atoms with E-state index in [-0.39, 0.29) is 17.1 Å². The lowest BCUT2D eigenvalue weighted by atomic mass is 9.90. The van der Waals surface area contributed by atoms with Crippen LogP contribution in [0, 0.1) is 0 Å². The molecule has 2 atom stereocenters. The van der Waals surface area contributed by atoms with Crippen molar-refractivity contribution in [3.05, 3.63) is 70.9 Å². The van der Waals surface area contributed by atoms with Crippen molar-refractivity contribution in [2.45, 2.75) is 18.1 Å². The lowest BCUT2D eigenvalue weighted by Gasteiger charge is -2.20. The molecule has 25 heavy (non-hydrogen) atoms. The maximum Gasteiger partial charge on any atom is 0.232 e. The maximum absolute atomic E-state index is 12.3. The van der Waals surface area contributed by atoms with Gasteiger partial charge in [-0.15, -0.1) is 0 Å². The van der Waals surface area contributed by atoms with Gasteiger partial charge in [-0.2, -0.15) is 11.8 Å². The third-order valence-corrected chi connectivity index (χ3v) is 5.75. The van der Waals surface area contributed by atoms with Gasteiger partial charge in [0, 0.05) is 34.6 Å². The number of halogens is 1. The molecule has 0 bridgehead atoms. The third kappa shape index (κ3) is 3.86. The molecule has 0 aliphatic rings. The van der Waals surface area contributed by atoms with Crippen molar-refractivity contribution in [1.82, 2.24) is 10.3 Å². The molecule has 3 rings (SSSR count). The van der Waals surface area contributed by atoms with Gasteiger partial charge in [0.25, 0.3) is 0 Å². The highest BCUT2D eigenvalue weighted by atomic mass is 35.5. The first kappa shape index (κ1) is 17.9. The molecule has 2 aromatic carbocycles. The molecule has 130 valence electrons. The van der Waals surface area contributed by atoms with Crippen LogP contribution in [0.3, 0.4) is 0 Å². The van der Waals surface area contributed by atoms with Crippen LogP contribution in [0.25, 0.3) is 10.9 Å². The summed E-state index contributed by atoms with van der Waals surface area (Å²) < 4.78 is 0. The van der Waals surface area contributed by atoms with Crippen molar-refractivity contribution >= 4 is 40.2 Å². The predicted octanol–water partition coefficient (Wildman–Crippen LogP) is 4.82. The van der Waals surface area contributed by atoms with E-state index in [1.807, 2.05) is 55.8 Å². The van der Waals surface area contributed by atoms with E-state index in [0.717, 1.165) is 22.0 Å². The number of amides is 1. The van der Waals surface area contributed by atoms with Crippen LogP contribution < -0.4 is 5.32 Å². The van der Waals surface area contributed by atoms with Gasteiger partial charge in [0.05, 0.1) is 5.25 Å². The topological polar surface area (TPSA) is 44.9 Å². The molecule has 1 aromatic heterocycles. The summed E-state index contributed by atoms with van der Waals surface area (Å²) in [5.74, 6) is 0.0345. The fourth-order valence-electron chi connectivity index (χ4n) is 2.98. The molecule has 3 aromatic rings. The SMILES string of the molecule is CSC(C)C(=O)NCC(c1ccccc1Cl)c1c[nH]c2ccccc12. The average Bonchev–Trinajstić information content (AvgIpc) is 3.06. The molecule has 0 saturated carbocycles. The first-order valence-electron chi connectivity index (χ1n) is 8.22. The van der Waals surface area contributed by atoms with E-state index in [0.29, 0.717) is 11.6 Å². The van der Waals surface area contributed by atoms with Crippen LogP contribution in [-0.4, -0.2) is 28.9 Å². The van der Waals surface area contributed by atoms with Gasteiger partial charge < -0.3 is 10.3 Å². The quantitative estimate of drug-likeness (QED) is 0.651. The number of benzene rings is 2. The van der Waals surface area contributed by atoms with Crippen molar-refractivity contribution in [2.75, 3.05) is 12.8 Å². The van der Waals surface area contributed by atoms with Crippen molar-refractivity contribution in [1.29, 1.82) is 0 Å². The molecule has 1 heterocycles. The van der Waals surface area contributed by atoms with Gasteiger partial charge in [-0.3, -0.25) is 4.79 Å². The second-order valence-corrected chi connectivity index (χ2v) is 7.57. The number of hydrogen-bond acceptors (Lipinski definition) is 2. The van der Waals surface area contributed by atoms with E-state index in [1.165, 1.54) is 11.8 Å². The number of para-hydroxylation sites is 1. The Morgan fingerprint density at radius 1 is 1.16 bits per heavy atom. The van der Waals surface area contributed by atoms with Gasteiger partial charge in [0.2, 0.25) is 5.91 Å². The molecule has 0 spiro atoms. The molecule has 0 fully saturated rings. The normalized spacial score (nSPS) is 13.6. The Morgan fingerprint density at radius 2 is 1.88 bits per heavy atom. The summed E-state index contributed by atoms with van der Waals surface area (Å²) in [6.07, 6.45) is 3.96. The summed E-state index contributed by atoms with van der Waals surface area (Å²) >= 11 is 8.00. The fourth-order valence-corrected chi connectivity index (χ4v) is 3.55. The Balaban J connectivity index is 1.98. The third-order valence-electron chi connectivity index (χ3n) is 4.48. The van der Waals surface area contributed by atoms with Gasteiger partial charge in [0.15, 0.2) is 0 Å². The van der Waals surface area contributed by atoms with Crippen LogP contribution in [0.4, 0.5) is 0 Å². The largest absolute Gasteiger partial charge is 0.361 e. The van der Waals surface area contributed by atoms with E-state index < -0.39 is 0 Å². The predicted molar refractivity (Wildman–Crippen MR) is 108 cm³/mol. The van der Waals surface area contributed by atoms with Crippen LogP contribution in [0.1, 0.15) is 24.0 Å². The van der Waals surface area contributed by atoms with Crippen LogP contribution in [0.15, 0.2) is 54.7 Å². The van der Waals surface area contributed by atoms with Crippen LogP contribution >= 0.6 is 23.4 Å². The number of fused-ring (bicyclic) bond motifs is 1. The zero-order chi connectivity index (χ0) is 17.8. The first-order valence-corrected chi connectivity index (χ1v) is 9.89. The summed E-state index contributed by atoms with van der Waals surface area (Å²) in [4.78, 5) is 15.6. The van der Waals surface area contributed by atoms with Gasteiger partial charge in [-0.1, -0.05) is 48.0 Å². The second kappa shape index (κ2) is 7.98. The van der Waals surface area contributed by atoms with Crippen LogP contribution in [0.5, 0.6) is 0 Å². The number of thioether (sulfide) groups is 1. The van der Waals surface area contributed by atoms with Crippen molar-refractivity contribution < 1.29 is 4.79 Å². The summed E-state index contributed by atoms with van der Waals surface area (Å²) in [5, 5.41) is 4.87. The number of aromatic amines is 1. The number of H-pyrrole nitrogens is 1. The van der Waals surface area contributed by atoms with Crippen molar-refractivity contribution in [3.8, 4) is 0 Å². The molecule has 0 aliphatic carbocycles. The summed E-state index contributed by atoms with van der Waals surface area (Å²) in [5.41, 5.74) is 3.24. The highest BCUT2D eigenvalue weighted by Crippen LogP contribution is 2.34. The van der Waals surface area contributed by atoms with E-state index in [4.69, 9.17) is 11.6 Å². The molecule has 3 nitrogen and oxygen atoms in total. The van der Waals surface area contributed by atoms with E-state index in [9.17, 15) is 4.79 Å². The number of aromatic nitrogens is 1. The summed E-state index contributed by atoms with van der Waals surface area (Å²) in [6.45, 7) is 2.42. The van der Waals surface area contributed by atoms with Crippen molar-refractivity contribution in [2.24, 2.45) is 0 Å². The molecular weight excluding hydrogens is 352 g/mol. The number of nitrogens with one attached hydrogen (secondary N) is 2. The number of rotatable bonds is 6. The molecule has 0 radical (unpaired) electrons. The lowest BCUT2D eigenvalue weighted by molar-refractivity contribution is -0.120. The minimum absolute atomic E-state index is 0.0112. The summed E-state index contributed by atoms with van der Waals surface area (Å²) in [7, 11) is 0. The van der Waals surface area contributed by atoms with E-state index in [1.54, 1.807) is 0 Å². The number of carbonyl (C=O) groups is 1. The van der Waals surface area contributed by atoms with Gasteiger partial charge in [0.1, 0.15) is 0 Å². The van der Waals surface area contributed by atoms with Crippen LogP contribution in [-0.2, 0) is 4.79 Å². The smallest absolute Gasteiger partial charge is 0.232 e. The molecule has 0 aliphatic heterocycles. The average molecular weight is 373 g/mol. The standard InChI is InChI=1S/C20H21ClN2OS/c1-13(25-2)20(24)23-12-16(14-7-3-5-9-18(14)21)17-11-22-19-10-6-4-8-15(17)19/h3-11,13,16,22H,12H2,1-2H3,(H,23,24). The molecular formula is C20H21ClN2OS. The molecule has 0 saturated heterocycles. The Hall–Kier alpha value is -1.91. The van der Waals surface area contributed by atoms with Crippen LogP contribution in [0.2, 0.25) is 5.02 Å². The maximum atomic E-state index is 12.3. The fraction of sp³-hybridized carbons (Fsp3) is 0.250. The van der Waals surface area contributed by atoms with Gasteiger partial charge in [-0.25, -0.2) is 0 Å². The Labute approximate surface area is 157 Å². The van der Waals surface area contributed by atoms with Crippen molar-refractivity contribution in [3.63, 3.8) is 0 Å². The Kier molecular flexibility index (Phi) is 5.71. The zero-order valence-electron chi connectivity index (χ0n) is 14.3. The number of hydrogen-bond donors (Lipinski definition) is 2. The lowest BCUT2D eigenvalue weighted by Crippen LogP contribution is -2.34. The monoisotopic (exact) mass is 372 g/mol. The number of carbonyl (C=O) groups excluding carboxylic acids is 1. The Bertz CT molecular complexity index is 877. The molecule has 2 N–H and O–H groups in total. The zero-order valence-corrected chi connectivity index (χ0v) is 15.8. The van der Waals surface area contributed by atoms with E-state index >= 15 is 0 Å². The minimum Gasteiger partial charge on any atom is -0.361 e. The first-order chi connectivity index (χ1) is 12.1. The highest BCUT2D eigenvalue weighted by Gasteiger charge is 2.22. The van der Waals surface area contributed by atoms with Gasteiger partial charge >= 0.3 is 0 Å². The van der Waals surface area contributed by atoms with Gasteiger partial charge in [-0.05, 0) is 36.4 Å². The second-order valence-electron chi connectivity index (χ2n) is 5.99. The Morgan fingerprint density at radius 3 is 2.64 bits per heavy atom. The molecule has 1 amide bonds. The highest BCUT2D eigenvalue weighted by molar-refractivity contribution is 7.99. The minimum atomic E-state index is -0.0742. The molecule has 2 unspecified atom stereocenters.